The van der Waals surface area contributed by atoms with Crippen LogP contribution in [-0.2, 0) is 0 Å². The van der Waals surface area contributed by atoms with Gasteiger partial charge in [0.25, 0.3) is 0 Å². The summed E-state index contributed by atoms with van der Waals surface area (Å²) in [6.07, 6.45) is 0. The van der Waals surface area contributed by atoms with Gasteiger partial charge in [-0.25, -0.2) is 0 Å². The first-order valence-corrected chi connectivity index (χ1v) is 12.3. The lowest BCUT2D eigenvalue weighted by molar-refractivity contribution is 1.18. The molecule has 0 fully saturated rings. The molecule has 0 amide bonds. The van der Waals surface area contributed by atoms with E-state index in [1.807, 2.05) is 0 Å². The highest BCUT2D eigenvalue weighted by molar-refractivity contribution is 9.10. The van der Waals surface area contributed by atoms with E-state index in [9.17, 15) is 0 Å². The summed E-state index contributed by atoms with van der Waals surface area (Å²) in [6.45, 7) is 0. The van der Waals surface area contributed by atoms with Gasteiger partial charge in [0.2, 0.25) is 0 Å². The second-order valence-electron chi connectivity index (χ2n) is 8.70. The fourth-order valence-corrected chi connectivity index (χ4v) is 6.06. The lowest BCUT2D eigenvalue weighted by atomic mass is 9.91. The lowest BCUT2D eigenvalue weighted by Gasteiger charge is -2.15. The summed E-state index contributed by atoms with van der Waals surface area (Å²) in [5, 5.41) is 7.55. The Morgan fingerprint density at radius 3 is 1.65 bits per heavy atom. The highest BCUT2D eigenvalue weighted by Gasteiger charge is 2.17. The summed E-state index contributed by atoms with van der Waals surface area (Å²) in [4.78, 5) is 0. The predicted octanol–water partition coefficient (Wildman–Crippen LogP) is 9.52. The van der Waals surface area contributed by atoms with Crippen molar-refractivity contribution in [1.29, 1.82) is 0 Å². The molecule has 0 aliphatic carbocycles. The van der Waals surface area contributed by atoms with Crippen molar-refractivity contribution in [3.05, 3.63) is 126 Å². The maximum atomic E-state index is 3.89. The van der Waals surface area contributed by atoms with Crippen LogP contribution in [0.5, 0.6) is 0 Å². The molecule has 0 aliphatic rings. The van der Waals surface area contributed by atoms with Gasteiger partial charge >= 0.3 is 0 Å². The number of benzene rings is 6. The minimum absolute atomic E-state index is 1.16. The summed E-state index contributed by atoms with van der Waals surface area (Å²) < 4.78 is 3.52. The van der Waals surface area contributed by atoms with Crippen molar-refractivity contribution in [2.45, 2.75) is 0 Å². The Morgan fingerprint density at radius 2 is 0.971 bits per heavy atom. The van der Waals surface area contributed by atoms with Gasteiger partial charge in [-0.2, -0.15) is 0 Å². The fraction of sp³-hybridized carbons (Fsp3) is 0. The molecule has 2 heteroatoms. The smallest absolute Gasteiger partial charge is 0.0541 e. The summed E-state index contributed by atoms with van der Waals surface area (Å²) >= 11 is 3.89. The van der Waals surface area contributed by atoms with E-state index in [2.05, 4.69) is 142 Å². The Bertz CT molecular complexity index is 1800. The topological polar surface area (TPSA) is 4.93 Å². The van der Waals surface area contributed by atoms with Gasteiger partial charge in [0.15, 0.2) is 0 Å². The average Bonchev–Trinajstić information content (AvgIpc) is 3.23. The van der Waals surface area contributed by atoms with Crippen LogP contribution >= 0.6 is 15.9 Å². The Balaban J connectivity index is 1.61. The average molecular weight is 498 g/mol. The molecule has 0 unspecified atom stereocenters. The van der Waals surface area contributed by atoms with Gasteiger partial charge in [0, 0.05) is 20.9 Å². The van der Waals surface area contributed by atoms with Gasteiger partial charge in [-0.1, -0.05) is 91.0 Å². The van der Waals surface area contributed by atoms with E-state index < -0.39 is 0 Å². The molecule has 0 aliphatic heterocycles. The van der Waals surface area contributed by atoms with Crippen LogP contribution in [-0.4, -0.2) is 4.57 Å². The molecule has 0 radical (unpaired) electrons. The minimum atomic E-state index is 1.16. The van der Waals surface area contributed by atoms with Gasteiger partial charge in [0.1, 0.15) is 0 Å². The summed E-state index contributed by atoms with van der Waals surface area (Å²) in [5.41, 5.74) is 6.16. The van der Waals surface area contributed by atoms with E-state index in [4.69, 9.17) is 0 Å². The van der Waals surface area contributed by atoms with Crippen LogP contribution in [0.25, 0.3) is 60.2 Å². The molecule has 160 valence electrons. The molecule has 0 N–H and O–H groups in total. The molecule has 0 saturated carbocycles. The van der Waals surface area contributed by atoms with Crippen LogP contribution in [0.3, 0.4) is 0 Å². The highest BCUT2D eigenvalue weighted by atomic mass is 79.9. The standard InChI is InChI=1S/C32H20BrN/c33-32-26-15-6-4-13-24(26)31(25-14-5-7-16-27(25)32)21-18-19-30-28(20-21)23-12-8-9-17-29(23)34(30)22-10-2-1-3-11-22/h1-20H. The monoisotopic (exact) mass is 497 g/mol. The van der Waals surface area contributed by atoms with E-state index in [1.165, 1.54) is 60.2 Å². The minimum Gasteiger partial charge on any atom is -0.309 e. The van der Waals surface area contributed by atoms with Crippen LogP contribution in [0, 0.1) is 0 Å². The third-order valence-electron chi connectivity index (χ3n) is 6.84. The van der Waals surface area contributed by atoms with Gasteiger partial charge in [-0.3, -0.25) is 0 Å². The van der Waals surface area contributed by atoms with Crippen molar-refractivity contribution in [2.75, 3.05) is 0 Å². The Labute approximate surface area is 206 Å². The largest absolute Gasteiger partial charge is 0.309 e. The zero-order chi connectivity index (χ0) is 22.6. The van der Waals surface area contributed by atoms with Crippen LogP contribution in [0.2, 0.25) is 0 Å². The summed E-state index contributed by atoms with van der Waals surface area (Å²) in [5.74, 6) is 0. The number of para-hydroxylation sites is 2. The lowest BCUT2D eigenvalue weighted by Crippen LogP contribution is -1.93. The van der Waals surface area contributed by atoms with Crippen molar-refractivity contribution < 1.29 is 0 Å². The number of rotatable bonds is 2. The Hall–Kier alpha value is -3.88. The van der Waals surface area contributed by atoms with Gasteiger partial charge in [-0.05, 0) is 78.9 Å². The predicted molar refractivity (Wildman–Crippen MR) is 149 cm³/mol. The molecule has 0 bridgehead atoms. The van der Waals surface area contributed by atoms with Crippen LogP contribution < -0.4 is 0 Å². The maximum absolute atomic E-state index is 3.89. The number of nitrogens with zero attached hydrogens (tertiary/aromatic N) is 1. The van der Waals surface area contributed by atoms with Crippen LogP contribution in [0.1, 0.15) is 0 Å². The maximum Gasteiger partial charge on any atom is 0.0541 e. The molecule has 7 rings (SSSR count). The molecule has 0 saturated heterocycles. The Kier molecular flexibility index (Phi) is 4.36. The second kappa shape index (κ2) is 7.58. The number of hydrogen-bond donors (Lipinski definition) is 0. The molecule has 1 aromatic heterocycles. The first-order chi connectivity index (χ1) is 16.8. The van der Waals surface area contributed by atoms with E-state index in [1.54, 1.807) is 0 Å². The van der Waals surface area contributed by atoms with Gasteiger partial charge < -0.3 is 4.57 Å². The highest BCUT2D eigenvalue weighted by Crippen LogP contribution is 2.43. The molecule has 34 heavy (non-hydrogen) atoms. The van der Waals surface area contributed by atoms with E-state index in [0.29, 0.717) is 0 Å². The molecule has 1 heterocycles. The van der Waals surface area contributed by atoms with Crippen LogP contribution in [0.4, 0.5) is 0 Å². The van der Waals surface area contributed by atoms with E-state index >= 15 is 0 Å². The molecular weight excluding hydrogens is 478 g/mol. The van der Waals surface area contributed by atoms with Crippen molar-refractivity contribution >= 4 is 59.3 Å². The summed E-state index contributed by atoms with van der Waals surface area (Å²) in [7, 11) is 0. The quantitative estimate of drug-likeness (QED) is 0.209. The third kappa shape index (κ3) is 2.79. The van der Waals surface area contributed by atoms with Crippen molar-refractivity contribution in [3.63, 3.8) is 0 Å². The van der Waals surface area contributed by atoms with Crippen molar-refractivity contribution in [3.8, 4) is 16.8 Å². The molecular formula is C32H20BrN. The van der Waals surface area contributed by atoms with E-state index in [-0.39, 0.29) is 0 Å². The first kappa shape index (κ1) is 19.6. The fourth-order valence-electron chi connectivity index (χ4n) is 5.37. The van der Waals surface area contributed by atoms with Crippen molar-refractivity contribution in [2.24, 2.45) is 0 Å². The normalized spacial score (nSPS) is 11.7. The van der Waals surface area contributed by atoms with Crippen LogP contribution in [0.15, 0.2) is 126 Å². The molecule has 0 spiro atoms. The molecule has 7 aromatic rings. The number of halogens is 1. The number of fused-ring (bicyclic) bond motifs is 5. The van der Waals surface area contributed by atoms with Crippen molar-refractivity contribution in [1.82, 2.24) is 4.57 Å². The first-order valence-electron chi connectivity index (χ1n) is 11.5. The number of aromatic nitrogens is 1. The molecule has 0 atom stereocenters. The zero-order valence-corrected chi connectivity index (χ0v) is 20.0. The van der Waals surface area contributed by atoms with Gasteiger partial charge in [0.05, 0.1) is 11.0 Å². The Morgan fingerprint density at radius 1 is 0.441 bits per heavy atom. The van der Waals surface area contributed by atoms with Gasteiger partial charge in [-0.15, -0.1) is 0 Å². The third-order valence-corrected chi connectivity index (χ3v) is 7.70. The SMILES string of the molecule is Brc1c2ccccc2c(-c2ccc3c(c2)c2ccccc2n3-c2ccccc2)c2ccccc12. The second-order valence-corrected chi connectivity index (χ2v) is 9.49. The molecule has 6 aromatic carbocycles. The summed E-state index contributed by atoms with van der Waals surface area (Å²) in [6, 6.07) is 43.6. The van der Waals surface area contributed by atoms with E-state index in [0.717, 1.165) is 4.47 Å². The zero-order valence-electron chi connectivity index (χ0n) is 18.4. The molecule has 1 nitrogen and oxygen atoms in total. The number of hydrogen-bond acceptors (Lipinski definition) is 0.